The molecule has 0 aromatic rings. The summed E-state index contributed by atoms with van der Waals surface area (Å²) in [5.41, 5.74) is 1.70. The van der Waals surface area contributed by atoms with E-state index in [0.717, 1.165) is 0 Å². The van der Waals surface area contributed by atoms with Crippen LogP contribution in [-0.4, -0.2) is 53.7 Å². The summed E-state index contributed by atoms with van der Waals surface area (Å²) in [6.45, 7) is -0.743. The summed E-state index contributed by atoms with van der Waals surface area (Å²) < 4.78 is 4.83. The average molecular weight is 179 g/mol. The van der Waals surface area contributed by atoms with Crippen molar-refractivity contribution in [3.05, 3.63) is 0 Å². The normalized spacial score (nSPS) is 13.3. The number of carbonyl (C=O) groups is 1. The van der Waals surface area contributed by atoms with E-state index in [9.17, 15) is 4.79 Å². The van der Waals surface area contributed by atoms with Gasteiger partial charge in [-0.25, -0.2) is 0 Å². The summed E-state index contributed by atoms with van der Waals surface area (Å²) in [4.78, 5) is 10.1. The van der Waals surface area contributed by atoms with Crippen molar-refractivity contribution >= 4 is 6.29 Å². The molecule has 0 amide bonds. The summed E-state index contributed by atoms with van der Waals surface area (Å²) in [5.74, 6) is 0. The van der Waals surface area contributed by atoms with Crippen LogP contribution >= 0.6 is 0 Å². The molecule has 0 heterocycles. The summed E-state index contributed by atoms with van der Waals surface area (Å²) in [6, 6.07) is -0.828. The van der Waals surface area contributed by atoms with Crippen LogP contribution in [0.3, 0.4) is 0 Å². The van der Waals surface area contributed by atoms with Crippen molar-refractivity contribution in [3.63, 3.8) is 0 Å². The Kier molecular flexibility index (Phi) is 6.82. The minimum absolute atomic E-state index is 0.0915. The molecule has 4 N–H and O–H groups in total. The van der Waals surface area contributed by atoms with Crippen molar-refractivity contribution in [2.24, 2.45) is 0 Å². The lowest BCUT2D eigenvalue weighted by atomic mass is 10.3. The smallest absolute Gasteiger partial charge is 0.141 e. The molecule has 0 aromatic carbocycles. The zero-order valence-electron chi connectivity index (χ0n) is 6.51. The van der Waals surface area contributed by atoms with Gasteiger partial charge in [0.2, 0.25) is 0 Å². The van der Waals surface area contributed by atoms with Gasteiger partial charge in [0.1, 0.15) is 18.4 Å². The Labute approximate surface area is 69.7 Å². The van der Waals surface area contributed by atoms with Gasteiger partial charge in [-0.2, -0.15) is 5.48 Å². The van der Waals surface area contributed by atoms with Crippen LogP contribution in [0.25, 0.3) is 0 Å². The first-order valence-corrected chi connectivity index (χ1v) is 3.46. The number of ether oxygens (including phenoxy) is 1. The molecule has 6 heteroatoms. The molecule has 0 aliphatic heterocycles. The van der Waals surface area contributed by atoms with E-state index >= 15 is 0 Å². The highest BCUT2D eigenvalue weighted by Gasteiger charge is 2.10. The topological polar surface area (TPSA) is 99.0 Å². The Morgan fingerprint density at radius 3 is 2.33 bits per heavy atom. The van der Waals surface area contributed by atoms with Gasteiger partial charge in [0.05, 0.1) is 19.8 Å². The van der Waals surface area contributed by atoms with Crippen LogP contribution in [0.1, 0.15) is 0 Å². The first-order chi connectivity index (χ1) is 5.78. The lowest BCUT2D eigenvalue weighted by molar-refractivity contribution is -0.116. The Hall–Kier alpha value is -0.530. The van der Waals surface area contributed by atoms with E-state index in [0.29, 0.717) is 6.29 Å². The van der Waals surface area contributed by atoms with Crippen molar-refractivity contribution in [3.8, 4) is 0 Å². The van der Waals surface area contributed by atoms with Gasteiger partial charge in [-0.15, -0.1) is 0 Å². The minimum atomic E-state index is -0.828. The summed E-state index contributed by atoms with van der Waals surface area (Å²) in [7, 11) is 0. The van der Waals surface area contributed by atoms with Crippen molar-refractivity contribution in [2.45, 2.75) is 12.1 Å². The van der Waals surface area contributed by atoms with Gasteiger partial charge in [0, 0.05) is 0 Å². The van der Waals surface area contributed by atoms with Crippen molar-refractivity contribution in [1.29, 1.82) is 0 Å². The standard InChI is InChI=1S/C6H13NO5/c8-1-5(7-11)4-12-6(2-9)3-10/h1,5-7,9-11H,2-4H2. The van der Waals surface area contributed by atoms with Crippen LogP contribution in [0.5, 0.6) is 0 Å². The SMILES string of the molecule is O=CC(COC(CO)CO)NO. The zero-order valence-corrected chi connectivity index (χ0v) is 6.51. The van der Waals surface area contributed by atoms with Crippen LogP contribution in [0.2, 0.25) is 0 Å². The van der Waals surface area contributed by atoms with Gasteiger partial charge in [-0.3, -0.25) is 0 Å². The molecule has 0 rings (SSSR count). The van der Waals surface area contributed by atoms with Crippen LogP contribution in [-0.2, 0) is 9.53 Å². The van der Waals surface area contributed by atoms with Gasteiger partial charge >= 0.3 is 0 Å². The highest BCUT2D eigenvalue weighted by molar-refractivity contribution is 5.57. The molecule has 1 atom stereocenters. The predicted octanol–water partition coefficient (Wildman–Crippen LogP) is -2.10. The van der Waals surface area contributed by atoms with Gasteiger partial charge in [0.25, 0.3) is 0 Å². The fourth-order valence-electron chi connectivity index (χ4n) is 0.510. The number of hydroxylamine groups is 1. The Morgan fingerprint density at radius 2 is 2.00 bits per heavy atom. The number of aliphatic hydroxyl groups excluding tert-OH is 2. The molecule has 0 radical (unpaired) electrons. The van der Waals surface area contributed by atoms with Crippen molar-refractivity contribution in [2.75, 3.05) is 19.8 Å². The second-order valence-electron chi connectivity index (χ2n) is 2.19. The Morgan fingerprint density at radius 1 is 1.42 bits per heavy atom. The number of hydrogen-bond acceptors (Lipinski definition) is 6. The third-order valence-corrected chi connectivity index (χ3v) is 1.25. The molecule has 6 nitrogen and oxygen atoms in total. The van der Waals surface area contributed by atoms with E-state index < -0.39 is 12.1 Å². The summed E-state index contributed by atoms with van der Waals surface area (Å²) in [6.07, 6.45) is -0.243. The molecule has 12 heavy (non-hydrogen) atoms. The maximum atomic E-state index is 10.1. The molecule has 0 aliphatic rings. The average Bonchev–Trinajstić information content (AvgIpc) is 2.13. The number of rotatable bonds is 7. The molecule has 0 fully saturated rings. The molecule has 0 spiro atoms. The quantitative estimate of drug-likeness (QED) is 0.264. The van der Waals surface area contributed by atoms with Crippen LogP contribution < -0.4 is 5.48 Å². The van der Waals surface area contributed by atoms with E-state index in [2.05, 4.69) is 0 Å². The highest BCUT2D eigenvalue weighted by atomic mass is 16.5. The number of hydrogen-bond donors (Lipinski definition) is 4. The molecule has 72 valence electrons. The maximum absolute atomic E-state index is 10.1. The molecule has 0 aliphatic carbocycles. The van der Waals surface area contributed by atoms with Gasteiger partial charge in [0.15, 0.2) is 0 Å². The molecular formula is C6H13NO5. The third kappa shape index (κ3) is 4.37. The molecule has 0 aromatic heterocycles. The largest absolute Gasteiger partial charge is 0.394 e. The van der Waals surface area contributed by atoms with Crippen LogP contribution in [0.4, 0.5) is 0 Å². The van der Waals surface area contributed by atoms with Crippen LogP contribution in [0, 0.1) is 0 Å². The van der Waals surface area contributed by atoms with Crippen molar-refractivity contribution < 1.29 is 25.0 Å². The van der Waals surface area contributed by atoms with E-state index in [4.69, 9.17) is 20.2 Å². The molecule has 0 bridgehead atoms. The molecule has 1 unspecified atom stereocenters. The fraction of sp³-hybridized carbons (Fsp3) is 0.833. The second-order valence-corrected chi connectivity index (χ2v) is 2.19. The maximum Gasteiger partial charge on any atom is 0.141 e. The molecule has 0 saturated carbocycles. The summed E-state index contributed by atoms with van der Waals surface area (Å²) >= 11 is 0. The van der Waals surface area contributed by atoms with E-state index in [1.807, 2.05) is 0 Å². The number of carbonyl (C=O) groups excluding carboxylic acids is 1. The van der Waals surface area contributed by atoms with Gasteiger partial charge in [-0.1, -0.05) is 0 Å². The number of aldehydes is 1. The number of nitrogens with one attached hydrogen (secondary N) is 1. The lowest BCUT2D eigenvalue weighted by Crippen LogP contribution is -2.35. The predicted molar refractivity (Wildman–Crippen MR) is 38.7 cm³/mol. The van der Waals surface area contributed by atoms with E-state index in [1.54, 1.807) is 5.48 Å². The van der Waals surface area contributed by atoms with Crippen molar-refractivity contribution in [1.82, 2.24) is 5.48 Å². The number of aliphatic hydroxyl groups is 2. The Balaban J connectivity index is 3.55. The van der Waals surface area contributed by atoms with Crippen LogP contribution in [0.15, 0.2) is 0 Å². The first-order valence-electron chi connectivity index (χ1n) is 3.46. The highest BCUT2D eigenvalue weighted by Crippen LogP contribution is 1.90. The second kappa shape index (κ2) is 7.14. The fourth-order valence-corrected chi connectivity index (χ4v) is 0.510. The third-order valence-electron chi connectivity index (χ3n) is 1.25. The summed E-state index contributed by atoms with van der Waals surface area (Å²) in [5, 5.41) is 25.4. The molecular weight excluding hydrogens is 166 g/mol. The van der Waals surface area contributed by atoms with Gasteiger partial charge in [-0.05, 0) is 0 Å². The Bertz CT molecular complexity index is 117. The van der Waals surface area contributed by atoms with E-state index in [1.165, 1.54) is 0 Å². The zero-order chi connectivity index (χ0) is 9.40. The lowest BCUT2D eigenvalue weighted by Gasteiger charge is -2.14. The first kappa shape index (κ1) is 11.5. The monoisotopic (exact) mass is 179 g/mol. The minimum Gasteiger partial charge on any atom is -0.394 e. The molecule has 0 saturated heterocycles. The van der Waals surface area contributed by atoms with Gasteiger partial charge < -0.3 is 25.0 Å². The van der Waals surface area contributed by atoms with E-state index in [-0.39, 0.29) is 19.8 Å².